The van der Waals surface area contributed by atoms with Crippen molar-refractivity contribution >= 4 is 28.6 Å². The summed E-state index contributed by atoms with van der Waals surface area (Å²) in [6.45, 7) is 7.06. The molecule has 0 radical (unpaired) electrons. The standard InChI is InChI=1S/C27H24ClF3N2O3/c1-14-22(24(26(34)35)36-27(2,3)4)23(16-6-7-18(28)20(30)12-16)17-9-10-33(25(17)32-14)13-15-5-8-19(29)21(31)11-15/h5-12,24H,13H2,1-4H3,(H,34,35)/t24-/m0/s1. The number of rotatable bonds is 6. The Kier molecular flexibility index (Phi) is 6.86. The Hall–Kier alpha value is -3.36. The Morgan fingerprint density at radius 2 is 1.81 bits per heavy atom. The number of carboxylic acid groups (broad SMARTS) is 1. The van der Waals surface area contributed by atoms with Gasteiger partial charge in [-0.1, -0.05) is 23.7 Å². The summed E-state index contributed by atoms with van der Waals surface area (Å²) in [5, 5.41) is 10.6. The average molecular weight is 517 g/mol. The van der Waals surface area contributed by atoms with Crippen LogP contribution in [0.3, 0.4) is 0 Å². The lowest BCUT2D eigenvalue weighted by Gasteiger charge is -2.28. The molecule has 1 atom stereocenters. The molecule has 9 heteroatoms. The molecule has 0 spiro atoms. The van der Waals surface area contributed by atoms with E-state index in [1.54, 1.807) is 50.6 Å². The molecule has 4 aromatic rings. The SMILES string of the molecule is Cc1nc2c(ccn2Cc2ccc(F)c(F)c2)c(-c2ccc(Cl)c(F)c2)c1[C@H](OC(C)(C)C)C(=O)O. The summed E-state index contributed by atoms with van der Waals surface area (Å²) in [5.74, 6) is -3.78. The number of pyridine rings is 1. The van der Waals surface area contributed by atoms with E-state index in [1.807, 2.05) is 0 Å². The maximum atomic E-state index is 14.5. The minimum atomic E-state index is -1.38. The molecule has 1 N–H and O–H groups in total. The number of carboxylic acids is 1. The smallest absolute Gasteiger partial charge is 0.337 e. The van der Waals surface area contributed by atoms with Crippen molar-refractivity contribution in [3.8, 4) is 11.1 Å². The average Bonchev–Trinajstić information content (AvgIpc) is 3.17. The molecule has 0 aliphatic rings. The number of aryl methyl sites for hydroxylation is 1. The first-order valence-electron chi connectivity index (χ1n) is 11.1. The quantitative estimate of drug-likeness (QED) is 0.297. The molecule has 4 rings (SSSR count). The Labute approximate surface area is 211 Å². The summed E-state index contributed by atoms with van der Waals surface area (Å²) >= 11 is 5.91. The molecule has 0 fully saturated rings. The Bertz CT molecular complexity index is 1480. The van der Waals surface area contributed by atoms with Crippen molar-refractivity contribution in [1.82, 2.24) is 9.55 Å². The van der Waals surface area contributed by atoms with Crippen LogP contribution in [-0.4, -0.2) is 26.2 Å². The molecular formula is C27H24ClF3N2O3. The summed E-state index contributed by atoms with van der Waals surface area (Å²) in [6, 6.07) is 9.60. The molecule has 0 saturated heterocycles. The van der Waals surface area contributed by atoms with Gasteiger partial charge in [0, 0.05) is 34.9 Å². The number of halogens is 4. The van der Waals surface area contributed by atoms with Gasteiger partial charge in [-0.2, -0.15) is 0 Å². The number of carbonyl (C=O) groups is 1. The fourth-order valence-electron chi connectivity index (χ4n) is 4.16. The highest BCUT2D eigenvalue weighted by Gasteiger charge is 2.33. The van der Waals surface area contributed by atoms with Gasteiger partial charge in [-0.15, -0.1) is 0 Å². The van der Waals surface area contributed by atoms with Gasteiger partial charge in [0.1, 0.15) is 11.5 Å². The van der Waals surface area contributed by atoms with Crippen molar-refractivity contribution in [1.29, 1.82) is 0 Å². The minimum Gasteiger partial charge on any atom is -0.479 e. The van der Waals surface area contributed by atoms with Crippen LogP contribution >= 0.6 is 11.6 Å². The van der Waals surface area contributed by atoms with Gasteiger partial charge in [0.05, 0.1) is 10.6 Å². The van der Waals surface area contributed by atoms with Crippen LogP contribution in [0.5, 0.6) is 0 Å². The van der Waals surface area contributed by atoms with E-state index in [9.17, 15) is 23.1 Å². The van der Waals surface area contributed by atoms with Crippen molar-refractivity contribution in [2.75, 3.05) is 0 Å². The van der Waals surface area contributed by atoms with E-state index >= 15 is 0 Å². The first-order valence-corrected chi connectivity index (χ1v) is 11.5. The molecule has 0 aliphatic heterocycles. The molecule has 0 saturated carbocycles. The van der Waals surface area contributed by atoms with Gasteiger partial charge in [0.2, 0.25) is 0 Å². The fourth-order valence-corrected chi connectivity index (χ4v) is 4.28. The Morgan fingerprint density at radius 3 is 2.42 bits per heavy atom. The molecule has 5 nitrogen and oxygen atoms in total. The predicted octanol–water partition coefficient (Wildman–Crippen LogP) is 7.07. The van der Waals surface area contributed by atoms with Gasteiger partial charge < -0.3 is 14.4 Å². The predicted molar refractivity (Wildman–Crippen MR) is 132 cm³/mol. The number of fused-ring (bicyclic) bond motifs is 1. The van der Waals surface area contributed by atoms with Gasteiger partial charge in [-0.3, -0.25) is 0 Å². The molecule has 2 aromatic carbocycles. The van der Waals surface area contributed by atoms with Crippen LogP contribution < -0.4 is 0 Å². The van der Waals surface area contributed by atoms with Gasteiger partial charge in [0.25, 0.3) is 0 Å². The van der Waals surface area contributed by atoms with E-state index in [2.05, 4.69) is 4.98 Å². The van der Waals surface area contributed by atoms with Crippen molar-refractivity contribution in [3.63, 3.8) is 0 Å². The second kappa shape index (κ2) is 9.59. The zero-order valence-corrected chi connectivity index (χ0v) is 20.8. The third-order valence-corrected chi connectivity index (χ3v) is 5.95. The van der Waals surface area contributed by atoms with Crippen molar-refractivity contribution in [3.05, 3.63) is 88.0 Å². The number of ether oxygens (including phenoxy) is 1. The van der Waals surface area contributed by atoms with E-state index in [0.717, 1.165) is 12.1 Å². The maximum Gasteiger partial charge on any atom is 0.337 e. The van der Waals surface area contributed by atoms with E-state index in [-0.39, 0.29) is 17.1 Å². The van der Waals surface area contributed by atoms with E-state index in [0.29, 0.717) is 33.4 Å². The van der Waals surface area contributed by atoms with Crippen LogP contribution in [0.1, 0.15) is 43.7 Å². The highest BCUT2D eigenvalue weighted by atomic mass is 35.5. The van der Waals surface area contributed by atoms with Gasteiger partial charge in [0.15, 0.2) is 17.7 Å². The first kappa shape index (κ1) is 25.7. The largest absolute Gasteiger partial charge is 0.479 e. The third kappa shape index (κ3) is 5.10. The second-order valence-electron chi connectivity index (χ2n) is 9.49. The summed E-state index contributed by atoms with van der Waals surface area (Å²) in [7, 11) is 0. The van der Waals surface area contributed by atoms with E-state index < -0.39 is 35.1 Å². The van der Waals surface area contributed by atoms with Crippen molar-refractivity contribution in [2.45, 2.75) is 45.9 Å². The highest BCUT2D eigenvalue weighted by molar-refractivity contribution is 6.30. The molecule has 188 valence electrons. The first-order chi connectivity index (χ1) is 16.9. The van der Waals surface area contributed by atoms with Gasteiger partial charge in [-0.25, -0.2) is 22.9 Å². The molecule has 36 heavy (non-hydrogen) atoms. The van der Waals surface area contributed by atoms with Gasteiger partial charge >= 0.3 is 5.97 Å². The molecule has 0 unspecified atom stereocenters. The van der Waals surface area contributed by atoms with E-state index in [1.165, 1.54) is 18.2 Å². The lowest BCUT2D eigenvalue weighted by molar-refractivity contribution is -0.160. The van der Waals surface area contributed by atoms with Crippen LogP contribution in [0.4, 0.5) is 13.2 Å². The fraction of sp³-hybridized carbons (Fsp3) is 0.259. The monoisotopic (exact) mass is 516 g/mol. The van der Waals surface area contributed by atoms with E-state index in [4.69, 9.17) is 16.3 Å². The van der Waals surface area contributed by atoms with Crippen LogP contribution in [0, 0.1) is 24.4 Å². The highest BCUT2D eigenvalue weighted by Crippen LogP contribution is 2.40. The van der Waals surface area contributed by atoms with Crippen LogP contribution in [-0.2, 0) is 16.1 Å². The molecule has 2 heterocycles. The normalized spacial score (nSPS) is 12.8. The number of nitrogens with zero attached hydrogens (tertiary/aromatic N) is 2. The second-order valence-corrected chi connectivity index (χ2v) is 9.90. The number of aliphatic carboxylic acids is 1. The summed E-state index contributed by atoms with van der Waals surface area (Å²) < 4.78 is 49.3. The number of hydrogen-bond donors (Lipinski definition) is 1. The topological polar surface area (TPSA) is 64.4 Å². The molecular weight excluding hydrogens is 493 g/mol. The van der Waals surface area contributed by atoms with Crippen LogP contribution in [0.25, 0.3) is 22.2 Å². The summed E-state index contributed by atoms with van der Waals surface area (Å²) in [4.78, 5) is 17.0. The summed E-state index contributed by atoms with van der Waals surface area (Å²) in [6.07, 6.45) is 0.323. The van der Waals surface area contributed by atoms with Crippen LogP contribution in [0.2, 0.25) is 5.02 Å². The number of hydrogen-bond acceptors (Lipinski definition) is 3. The molecule has 0 aliphatic carbocycles. The van der Waals surface area contributed by atoms with Crippen LogP contribution in [0.15, 0.2) is 48.7 Å². The number of aromatic nitrogens is 2. The zero-order chi connectivity index (χ0) is 26.4. The van der Waals surface area contributed by atoms with Crippen molar-refractivity contribution in [2.24, 2.45) is 0 Å². The summed E-state index contributed by atoms with van der Waals surface area (Å²) in [5.41, 5.74) is 1.67. The molecule has 0 amide bonds. The lowest BCUT2D eigenvalue weighted by atomic mass is 9.92. The van der Waals surface area contributed by atoms with Crippen molar-refractivity contribution < 1.29 is 27.8 Å². The Balaban J connectivity index is 1.98. The van der Waals surface area contributed by atoms with Gasteiger partial charge in [-0.05, 0) is 69.2 Å². The lowest BCUT2D eigenvalue weighted by Crippen LogP contribution is -2.28. The number of benzene rings is 2. The minimum absolute atomic E-state index is 0.0704. The molecule has 2 aromatic heterocycles. The Morgan fingerprint density at radius 1 is 1.08 bits per heavy atom. The third-order valence-electron chi connectivity index (χ3n) is 5.64. The zero-order valence-electron chi connectivity index (χ0n) is 20.1. The maximum absolute atomic E-state index is 14.5. The molecule has 0 bridgehead atoms.